The van der Waals surface area contributed by atoms with Gasteiger partial charge in [-0.2, -0.15) is 0 Å². The lowest BCUT2D eigenvalue weighted by molar-refractivity contribution is -0.157. The highest BCUT2D eigenvalue weighted by atomic mass is 35.5. The monoisotopic (exact) mass is 382 g/mol. The van der Waals surface area contributed by atoms with E-state index >= 15 is 0 Å². The lowest BCUT2D eigenvalue weighted by Gasteiger charge is -2.32. The fourth-order valence-electron chi connectivity index (χ4n) is 2.60. The first-order valence-corrected chi connectivity index (χ1v) is 8.73. The molecule has 0 spiro atoms. The van der Waals surface area contributed by atoms with Crippen molar-refractivity contribution >= 4 is 50.8 Å². The zero-order chi connectivity index (χ0) is 18.0. The Hall–Kier alpha value is -2.16. The van der Waals surface area contributed by atoms with E-state index in [1.54, 1.807) is 0 Å². The number of carbonyl (C=O) groups is 3. The van der Waals surface area contributed by atoms with E-state index < -0.39 is 23.8 Å². The quantitative estimate of drug-likeness (QED) is 0.837. The Balaban J connectivity index is 1.67. The number of halogens is 1. The SMILES string of the molecule is O=C(NCC(=O)N1CCOCC1C(=O)O)c1sc2ccccc2c1Cl. The number of ether oxygens (including phenoxy) is 1. The highest BCUT2D eigenvalue weighted by molar-refractivity contribution is 7.21. The predicted octanol–water partition coefficient (Wildman–Crippen LogP) is 1.60. The molecule has 2 aromatic rings. The van der Waals surface area contributed by atoms with Gasteiger partial charge in [0.2, 0.25) is 5.91 Å². The summed E-state index contributed by atoms with van der Waals surface area (Å²) in [6.07, 6.45) is 0. The van der Waals surface area contributed by atoms with Crippen molar-refractivity contribution in [2.45, 2.75) is 6.04 Å². The van der Waals surface area contributed by atoms with Crippen LogP contribution in [0.4, 0.5) is 0 Å². The molecule has 1 saturated heterocycles. The molecule has 25 heavy (non-hydrogen) atoms. The third kappa shape index (κ3) is 3.60. The molecule has 1 aromatic heterocycles. The molecule has 0 aliphatic carbocycles. The van der Waals surface area contributed by atoms with Gasteiger partial charge in [0.25, 0.3) is 5.91 Å². The molecular weight excluding hydrogens is 368 g/mol. The largest absolute Gasteiger partial charge is 0.480 e. The molecule has 0 bridgehead atoms. The van der Waals surface area contributed by atoms with Gasteiger partial charge in [0.15, 0.2) is 6.04 Å². The number of hydrogen-bond acceptors (Lipinski definition) is 5. The Kier molecular flexibility index (Phi) is 5.22. The van der Waals surface area contributed by atoms with Gasteiger partial charge in [0, 0.05) is 16.6 Å². The van der Waals surface area contributed by atoms with Crippen molar-refractivity contribution < 1.29 is 24.2 Å². The van der Waals surface area contributed by atoms with Gasteiger partial charge in [-0.1, -0.05) is 29.8 Å². The van der Waals surface area contributed by atoms with E-state index in [1.165, 1.54) is 16.2 Å². The van der Waals surface area contributed by atoms with Gasteiger partial charge in [-0.25, -0.2) is 4.79 Å². The number of carboxylic acid groups (broad SMARTS) is 1. The van der Waals surface area contributed by atoms with Crippen molar-refractivity contribution in [3.8, 4) is 0 Å². The summed E-state index contributed by atoms with van der Waals surface area (Å²) in [4.78, 5) is 37.3. The molecule has 0 radical (unpaired) electrons. The van der Waals surface area contributed by atoms with Gasteiger partial charge in [-0.3, -0.25) is 9.59 Å². The molecule has 3 rings (SSSR count). The Morgan fingerprint density at radius 1 is 1.36 bits per heavy atom. The zero-order valence-electron chi connectivity index (χ0n) is 13.0. The molecule has 0 saturated carbocycles. The summed E-state index contributed by atoms with van der Waals surface area (Å²) in [5.41, 5.74) is 0. The number of nitrogens with zero attached hydrogens (tertiary/aromatic N) is 1. The minimum Gasteiger partial charge on any atom is -0.480 e. The van der Waals surface area contributed by atoms with Crippen molar-refractivity contribution in [2.24, 2.45) is 0 Å². The lowest BCUT2D eigenvalue weighted by atomic mass is 10.2. The van der Waals surface area contributed by atoms with Crippen molar-refractivity contribution in [1.82, 2.24) is 10.2 Å². The van der Waals surface area contributed by atoms with E-state index in [2.05, 4.69) is 5.32 Å². The number of benzene rings is 1. The first kappa shape index (κ1) is 17.7. The summed E-state index contributed by atoms with van der Waals surface area (Å²) in [6, 6.07) is 6.33. The number of thiophene rings is 1. The fourth-order valence-corrected chi connectivity index (χ4v) is 4.04. The fraction of sp³-hybridized carbons (Fsp3) is 0.312. The maximum atomic E-state index is 12.3. The summed E-state index contributed by atoms with van der Waals surface area (Å²) in [6.45, 7) is 0.0886. The van der Waals surface area contributed by atoms with Crippen LogP contribution in [0, 0.1) is 0 Å². The standard InChI is InChI=1S/C16H15ClN2O5S/c17-13-9-3-1-2-4-11(9)25-14(13)15(21)18-7-12(20)19-5-6-24-8-10(19)16(22)23/h1-4,10H,5-8H2,(H,18,21)(H,22,23). The van der Waals surface area contributed by atoms with E-state index in [0.717, 1.165) is 10.1 Å². The Labute approximate surface area is 152 Å². The number of fused-ring (bicyclic) bond motifs is 1. The minimum absolute atomic E-state index is 0.0584. The van der Waals surface area contributed by atoms with Crippen LogP contribution in [0.5, 0.6) is 0 Å². The van der Waals surface area contributed by atoms with E-state index in [9.17, 15) is 14.4 Å². The van der Waals surface area contributed by atoms with E-state index in [1.807, 2.05) is 24.3 Å². The summed E-state index contributed by atoms with van der Waals surface area (Å²) in [5.74, 6) is -2.06. The lowest BCUT2D eigenvalue weighted by Crippen LogP contribution is -2.54. The summed E-state index contributed by atoms with van der Waals surface area (Å²) in [7, 11) is 0. The van der Waals surface area contributed by atoms with Crippen LogP contribution in [0.25, 0.3) is 10.1 Å². The molecule has 1 unspecified atom stereocenters. The highest BCUT2D eigenvalue weighted by Gasteiger charge is 2.32. The molecule has 1 fully saturated rings. The third-order valence-electron chi connectivity index (χ3n) is 3.88. The summed E-state index contributed by atoms with van der Waals surface area (Å²) >= 11 is 7.48. The van der Waals surface area contributed by atoms with Crippen LogP contribution in [0.15, 0.2) is 24.3 Å². The molecule has 9 heteroatoms. The van der Waals surface area contributed by atoms with Gasteiger partial charge in [-0.15, -0.1) is 11.3 Å². The van der Waals surface area contributed by atoms with Crippen LogP contribution < -0.4 is 5.32 Å². The number of carbonyl (C=O) groups excluding carboxylic acids is 2. The van der Waals surface area contributed by atoms with Crippen molar-refractivity contribution in [1.29, 1.82) is 0 Å². The van der Waals surface area contributed by atoms with Gasteiger partial charge in [0.1, 0.15) is 4.88 Å². The second kappa shape index (κ2) is 7.38. The average Bonchev–Trinajstić information content (AvgIpc) is 2.96. The number of morpholine rings is 1. The molecule has 1 aliphatic rings. The molecule has 1 atom stereocenters. The number of aliphatic carboxylic acids is 1. The highest BCUT2D eigenvalue weighted by Crippen LogP contribution is 2.34. The summed E-state index contributed by atoms with van der Waals surface area (Å²) in [5, 5.41) is 12.8. The number of hydrogen-bond donors (Lipinski definition) is 2. The van der Waals surface area contributed by atoms with Gasteiger partial charge >= 0.3 is 5.97 Å². The Morgan fingerprint density at radius 2 is 2.12 bits per heavy atom. The maximum Gasteiger partial charge on any atom is 0.328 e. The zero-order valence-corrected chi connectivity index (χ0v) is 14.6. The molecule has 2 amide bonds. The van der Waals surface area contributed by atoms with E-state index in [0.29, 0.717) is 9.90 Å². The van der Waals surface area contributed by atoms with Crippen molar-refractivity contribution in [3.63, 3.8) is 0 Å². The average molecular weight is 383 g/mol. The second-order valence-corrected chi connectivity index (χ2v) is 6.87. The number of nitrogens with one attached hydrogen (secondary N) is 1. The minimum atomic E-state index is -1.13. The Morgan fingerprint density at radius 3 is 2.84 bits per heavy atom. The van der Waals surface area contributed by atoms with Crippen LogP contribution >= 0.6 is 22.9 Å². The number of amides is 2. The Bertz CT molecular complexity index is 837. The topological polar surface area (TPSA) is 95.9 Å². The molecule has 1 aromatic carbocycles. The van der Waals surface area contributed by atoms with Crippen LogP contribution in [0.3, 0.4) is 0 Å². The molecule has 7 nitrogen and oxygen atoms in total. The maximum absolute atomic E-state index is 12.3. The van der Waals surface area contributed by atoms with E-state index in [4.69, 9.17) is 21.4 Å². The van der Waals surface area contributed by atoms with Crippen molar-refractivity contribution in [3.05, 3.63) is 34.2 Å². The molecule has 2 N–H and O–H groups in total. The smallest absolute Gasteiger partial charge is 0.328 e. The predicted molar refractivity (Wildman–Crippen MR) is 93.1 cm³/mol. The summed E-state index contributed by atoms with van der Waals surface area (Å²) < 4.78 is 5.97. The van der Waals surface area contributed by atoms with Crippen LogP contribution in [0.2, 0.25) is 5.02 Å². The first-order chi connectivity index (χ1) is 12.0. The molecular formula is C16H15ClN2O5S. The molecule has 132 valence electrons. The molecule has 1 aliphatic heterocycles. The first-order valence-electron chi connectivity index (χ1n) is 7.54. The van der Waals surface area contributed by atoms with Crippen LogP contribution in [-0.2, 0) is 14.3 Å². The van der Waals surface area contributed by atoms with Crippen molar-refractivity contribution in [2.75, 3.05) is 26.3 Å². The number of carboxylic acids is 1. The van der Waals surface area contributed by atoms with E-state index in [-0.39, 0.29) is 26.3 Å². The number of rotatable bonds is 4. The second-order valence-electron chi connectivity index (χ2n) is 5.44. The molecule has 2 heterocycles. The van der Waals surface area contributed by atoms with Crippen LogP contribution in [-0.4, -0.2) is 60.1 Å². The van der Waals surface area contributed by atoms with Gasteiger partial charge < -0.3 is 20.1 Å². The van der Waals surface area contributed by atoms with Crippen LogP contribution in [0.1, 0.15) is 9.67 Å². The third-order valence-corrected chi connectivity index (χ3v) is 5.55. The van der Waals surface area contributed by atoms with Gasteiger partial charge in [-0.05, 0) is 6.07 Å². The van der Waals surface area contributed by atoms with Gasteiger partial charge in [0.05, 0.1) is 24.8 Å². The normalized spacial score (nSPS) is 17.5.